The van der Waals surface area contributed by atoms with Crippen molar-refractivity contribution in [1.82, 2.24) is 10.2 Å². The molecule has 0 aliphatic carbocycles. The van der Waals surface area contributed by atoms with Crippen LogP contribution < -0.4 is 11.1 Å². The lowest BCUT2D eigenvalue weighted by atomic mass is 9.96. The van der Waals surface area contributed by atoms with Crippen molar-refractivity contribution in [3.63, 3.8) is 0 Å². The number of nitrogens with two attached hydrogens (primary N) is 1. The number of primary amides is 1. The summed E-state index contributed by atoms with van der Waals surface area (Å²) in [6.07, 6.45) is 1.88. The van der Waals surface area contributed by atoms with Gasteiger partial charge in [-0.05, 0) is 18.8 Å². The van der Waals surface area contributed by atoms with Crippen LogP contribution in [0.25, 0.3) is 0 Å². The minimum Gasteiger partial charge on any atom is -0.467 e. The Morgan fingerprint density at radius 2 is 1.90 bits per heavy atom. The van der Waals surface area contributed by atoms with Crippen LogP contribution >= 0.6 is 0 Å². The first-order valence-corrected chi connectivity index (χ1v) is 7.33. The van der Waals surface area contributed by atoms with Gasteiger partial charge in [0, 0.05) is 19.0 Å². The maximum Gasteiger partial charge on any atom is 0.328 e. The van der Waals surface area contributed by atoms with Crippen molar-refractivity contribution in [2.24, 2.45) is 17.6 Å². The molecule has 1 fully saturated rings. The number of likely N-dealkylation sites (tertiary alicyclic amines) is 1. The van der Waals surface area contributed by atoms with Crippen LogP contribution in [-0.4, -0.2) is 49.0 Å². The molecule has 21 heavy (non-hydrogen) atoms. The average Bonchev–Trinajstić information content (AvgIpc) is 2.50. The molecule has 0 aromatic carbocycles. The van der Waals surface area contributed by atoms with Crippen LogP contribution in [0.5, 0.6) is 0 Å². The quantitative estimate of drug-likeness (QED) is 0.721. The van der Waals surface area contributed by atoms with Gasteiger partial charge < -0.3 is 20.7 Å². The van der Waals surface area contributed by atoms with Gasteiger partial charge in [0.05, 0.1) is 7.11 Å². The van der Waals surface area contributed by atoms with Gasteiger partial charge in [-0.15, -0.1) is 0 Å². The molecule has 1 saturated heterocycles. The van der Waals surface area contributed by atoms with Crippen molar-refractivity contribution in [3.05, 3.63) is 0 Å². The van der Waals surface area contributed by atoms with Crippen LogP contribution in [0.1, 0.15) is 33.1 Å². The van der Waals surface area contributed by atoms with E-state index in [1.54, 1.807) is 4.90 Å². The van der Waals surface area contributed by atoms with Crippen molar-refractivity contribution in [3.8, 4) is 0 Å². The minimum absolute atomic E-state index is 0.00967. The summed E-state index contributed by atoms with van der Waals surface area (Å²) < 4.78 is 4.74. The SMILES string of the molecule is CCC(C)C(NC(=O)N1CCC(C(N)=O)CC1)C(=O)OC. The summed E-state index contributed by atoms with van der Waals surface area (Å²) in [6.45, 7) is 4.77. The van der Waals surface area contributed by atoms with Crippen molar-refractivity contribution in [2.75, 3.05) is 20.2 Å². The van der Waals surface area contributed by atoms with Gasteiger partial charge in [-0.3, -0.25) is 4.79 Å². The van der Waals surface area contributed by atoms with E-state index in [1.165, 1.54) is 7.11 Å². The highest BCUT2D eigenvalue weighted by Crippen LogP contribution is 2.17. The molecule has 3 amide bonds. The molecule has 1 rings (SSSR count). The highest BCUT2D eigenvalue weighted by Gasteiger charge is 2.31. The van der Waals surface area contributed by atoms with Crippen LogP contribution in [0.2, 0.25) is 0 Å². The van der Waals surface area contributed by atoms with E-state index in [-0.39, 0.29) is 23.8 Å². The monoisotopic (exact) mass is 299 g/mol. The Hall–Kier alpha value is -1.79. The fourth-order valence-corrected chi connectivity index (χ4v) is 2.39. The number of nitrogens with one attached hydrogen (secondary N) is 1. The van der Waals surface area contributed by atoms with E-state index in [9.17, 15) is 14.4 Å². The first kappa shape index (κ1) is 17.3. The van der Waals surface area contributed by atoms with Gasteiger partial charge in [0.2, 0.25) is 5.91 Å². The predicted molar refractivity (Wildman–Crippen MR) is 77.3 cm³/mol. The Morgan fingerprint density at radius 1 is 1.33 bits per heavy atom. The zero-order valence-corrected chi connectivity index (χ0v) is 12.9. The minimum atomic E-state index is -0.652. The summed E-state index contributed by atoms with van der Waals surface area (Å²) >= 11 is 0. The molecule has 3 N–H and O–H groups in total. The zero-order valence-electron chi connectivity index (χ0n) is 12.9. The molecule has 0 spiro atoms. The summed E-state index contributed by atoms with van der Waals surface area (Å²) in [5.41, 5.74) is 5.27. The van der Waals surface area contributed by atoms with Gasteiger partial charge >= 0.3 is 12.0 Å². The highest BCUT2D eigenvalue weighted by molar-refractivity contribution is 5.84. The van der Waals surface area contributed by atoms with Crippen molar-refractivity contribution in [2.45, 2.75) is 39.2 Å². The van der Waals surface area contributed by atoms with E-state index >= 15 is 0 Å². The standard InChI is InChI=1S/C14H25N3O4/c1-4-9(2)11(13(19)21-3)16-14(20)17-7-5-10(6-8-17)12(15)18/h9-11H,4-8H2,1-3H3,(H2,15,18)(H,16,20). The molecule has 2 atom stereocenters. The average molecular weight is 299 g/mol. The molecule has 1 aliphatic rings. The number of esters is 1. The summed E-state index contributed by atoms with van der Waals surface area (Å²) in [5, 5.41) is 2.73. The van der Waals surface area contributed by atoms with Crippen molar-refractivity contribution >= 4 is 17.9 Å². The third-order valence-electron chi connectivity index (χ3n) is 4.13. The van der Waals surface area contributed by atoms with Gasteiger partial charge in [-0.25, -0.2) is 9.59 Å². The van der Waals surface area contributed by atoms with Crippen LogP contribution in [0, 0.1) is 11.8 Å². The lowest BCUT2D eigenvalue weighted by molar-refractivity contribution is -0.144. The number of urea groups is 1. The first-order chi connectivity index (χ1) is 9.90. The molecule has 1 heterocycles. The molecule has 7 heteroatoms. The molecule has 2 unspecified atom stereocenters. The molecule has 1 aliphatic heterocycles. The number of hydrogen-bond acceptors (Lipinski definition) is 4. The molecule has 120 valence electrons. The second-order valence-corrected chi connectivity index (χ2v) is 5.50. The third-order valence-corrected chi connectivity index (χ3v) is 4.13. The lowest BCUT2D eigenvalue weighted by Crippen LogP contribution is -2.53. The second kappa shape index (κ2) is 7.85. The highest BCUT2D eigenvalue weighted by atomic mass is 16.5. The fraction of sp³-hybridized carbons (Fsp3) is 0.786. The number of rotatable bonds is 5. The number of nitrogens with zero attached hydrogens (tertiary/aromatic N) is 1. The van der Waals surface area contributed by atoms with Crippen molar-refractivity contribution < 1.29 is 19.1 Å². The summed E-state index contributed by atoms with van der Waals surface area (Å²) in [4.78, 5) is 36.7. The van der Waals surface area contributed by atoms with E-state index in [2.05, 4.69) is 5.32 Å². The molecular formula is C14H25N3O4. The number of methoxy groups -OCH3 is 1. The summed E-state index contributed by atoms with van der Waals surface area (Å²) in [7, 11) is 1.31. The smallest absolute Gasteiger partial charge is 0.328 e. The van der Waals surface area contributed by atoms with E-state index in [0.717, 1.165) is 6.42 Å². The number of ether oxygens (including phenoxy) is 1. The maximum absolute atomic E-state index is 12.2. The molecule has 0 radical (unpaired) electrons. The Balaban J connectivity index is 2.58. The second-order valence-electron chi connectivity index (χ2n) is 5.50. The molecule has 0 aromatic rings. The van der Waals surface area contributed by atoms with Crippen LogP contribution in [-0.2, 0) is 14.3 Å². The number of hydrogen-bond donors (Lipinski definition) is 2. The molecule has 0 aromatic heterocycles. The fourth-order valence-electron chi connectivity index (χ4n) is 2.39. The normalized spacial score (nSPS) is 18.7. The van der Waals surface area contributed by atoms with Gasteiger partial charge in [0.1, 0.15) is 6.04 Å². The van der Waals surface area contributed by atoms with Crippen molar-refractivity contribution in [1.29, 1.82) is 0 Å². The number of carbonyl (C=O) groups is 3. The Labute approximate surface area is 125 Å². The van der Waals surface area contributed by atoms with Gasteiger partial charge in [0.15, 0.2) is 0 Å². The topological polar surface area (TPSA) is 102 Å². The molecule has 7 nitrogen and oxygen atoms in total. The van der Waals surface area contributed by atoms with E-state index in [4.69, 9.17) is 10.5 Å². The van der Waals surface area contributed by atoms with Gasteiger partial charge in [-0.2, -0.15) is 0 Å². The summed E-state index contributed by atoms with van der Waals surface area (Å²) in [5.74, 6) is -0.934. The first-order valence-electron chi connectivity index (χ1n) is 7.33. The Kier molecular flexibility index (Phi) is 6.45. The zero-order chi connectivity index (χ0) is 16.0. The Bertz CT molecular complexity index is 392. The summed E-state index contributed by atoms with van der Waals surface area (Å²) in [6, 6.07) is -0.949. The van der Waals surface area contributed by atoms with Crippen LogP contribution in [0.15, 0.2) is 0 Å². The lowest BCUT2D eigenvalue weighted by Gasteiger charge is -2.32. The number of piperidine rings is 1. The van der Waals surface area contributed by atoms with E-state index in [0.29, 0.717) is 25.9 Å². The van der Waals surface area contributed by atoms with E-state index in [1.807, 2.05) is 13.8 Å². The molecule has 0 saturated carbocycles. The number of carbonyl (C=O) groups excluding carboxylic acids is 3. The maximum atomic E-state index is 12.2. The van der Waals surface area contributed by atoms with Gasteiger partial charge in [-0.1, -0.05) is 20.3 Å². The van der Waals surface area contributed by atoms with Crippen LogP contribution in [0.4, 0.5) is 4.79 Å². The van der Waals surface area contributed by atoms with Gasteiger partial charge in [0.25, 0.3) is 0 Å². The van der Waals surface area contributed by atoms with Crippen LogP contribution in [0.3, 0.4) is 0 Å². The number of amides is 3. The molecule has 0 bridgehead atoms. The third kappa shape index (κ3) is 4.61. The molecular weight excluding hydrogens is 274 g/mol. The van der Waals surface area contributed by atoms with E-state index < -0.39 is 12.0 Å². The predicted octanol–water partition coefficient (Wildman–Crippen LogP) is 0.481. The largest absolute Gasteiger partial charge is 0.467 e. The Morgan fingerprint density at radius 3 is 2.33 bits per heavy atom.